The van der Waals surface area contributed by atoms with E-state index in [9.17, 15) is 15.5 Å². The Bertz CT molecular complexity index is 215. The predicted molar refractivity (Wildman–Crippen MR) is 44.4 cm³/mol. The average molecular weight is 173 g/mol. The van der Waals surface area contributed by atoms with Crippen molar-refractivity contribution in [3.63, 3.8) is 0 Å². The van der Waals surface area contributed by atoms with Gasteiger partial charge in [0.2, 0.25) is 5.54 Å². The summed E-state index contributed by atoms with van der Waals surface area (Å²) in [6.07, 6.45) is -0.00491. The summed E-state index contributed by atoms with van der Waals surface area (Å²) in [5.41, 5.74) is -1.06. The summed E-state index contributed by atoms with van der Waals surface area (Å²) in [6, 6.07) is -0.564. The number of hydrogen-bond donors (Lipinski definition) is 1. The van der Waals surface area contributed by atoms with Crippen LogP contribution >= 0.6 is 0 Å². The lowest BCUT2D eigenvalue weighted by Gasteiger charge is -2.46. The maximum absolute atomic E-state index is 11.2. The summed E-state index contributed by atoms with van der Waals surface area (Å²) in [5.74, 6) is 0. The van der Waals surface area contributed by atoms with Crippen molar-refractivity contribution in [2.45, 2.75) is 38.6 Å². The molecule has 2 unspecified atom stereocenters. The van der Waals surface area contributed by atoms with E-state index < -0.39 is 17.8 Å². The Morgan fingerprint density at radius 2 is 2.08 bits per heavy atom. The van der Waals surface area contributed by atoms with Crippen LogP contribution in [0, 0.1) is 10.4 Å². The Kier molecular flexibility index (Phi) is 2.11. The van der Waals surface area contributed by atoms with Crippen molar-refractivity contribution in [2.75, 3.05) is 0 Å². The molecule has 2 atom stereocenters. The van der Waals surface area contributed by atoms with Gasteiger partial charge < -0.3 is 20.6 Å². The molecule has 0 radical (unpaired) electrons. The van der Waals surface area contributed by atoms with Gasteiger partial charge in [0.1, 0.15) is 0 Å². The van der Waals surface area contributed by atoms with Crippen LogP contribution < -0.4 is 0 Å². The molecule has 0 aliphatic carbocycles. The maximum Gasteiger partial charge on any atom is 0.205 e. The van der Waals surface area contributed by atoms with Crippen molar-refractivity contribution in [2.24, 2.45) is 0 Å². The number of hydroxylamine groups is 3. The zero-order valence-electron chi connectivity index (χ0n) is 7.39. The first-order chi connectivity index (χ1) is 5.37. The van der Waals surface area contributed by atoms with E-state index in [4.69, 9.17) is 0 Å². The summed E-state index contributed by atoms with van der Waals surface area (Å²) < 4.78 is 0.636. The predicted octanol–water partition coefficient (Wildman–Crippen LogP) is -0.134. The van der Waals surface area contributed by atoms with E-state index in [2.05, 4.69) is 0 Å². The second-order valence-corrected chi connectivity index (χ2v) is 3.60. The van der Waals surface area contributed by atoms with Gasteiger partial charge in [0.15, 0.2) is 12.4 Å². The summed E-state index contributed by atoms with van der Waals surface area (Å²) in [6.45, 7) is 4.62. The first-order valence-corrected chi connectivity index (χ1v) is 3.82. The minimum absolute atomic E-state index is 0.522. The van der Waals surface area contributed by atoms with Crippen LogP contribution in [0.5, 0.6) is 0 Å². The fourth-order valence-corrected chi connectivity index (χ4v) is 1.10. The van der Waals surface area contributed by atoms with E-state index in [1.807, 2.05) is 0 Å². The highest BCUT2D eigenvalue weighted by atomic mass is 16.5. The molecular formula is C7H13N2O3-. The van der Waals surface area contributed by atoms with Gasteiger partial charge in [-0.05, 0) is 6.92 Å². The number of nitrogens with zero attached hydrogens (tertiary/aromatic N) is 2. The number of aliphatic hydroxyl groups excluding tert-OH is 1. The fraction of sp³-hybridized carbons (Fsp3) is 0.857. The summed E-state index contributed by atoms with van der Waals surface area (Å²) in [5, 5.41) is 32.3. The average Bonchev–Trinajstić information content (AvgIpc) is 1.99. The molecule has 5 heteroatoms. The van der Waals surface area contributed by atoms with Crippen LogP contribution in [0.25, 0.3) is 0 Å². The van der Waals surface area contributed by atoms with Crippen LogP contribution in [0.4, 0.5) is 0 Å². The first-order valence-electron chi connectivity index (χ1n) is 3.82. The molecule has 0 fully saturated rings. The molecule has 1 heterocycles. The van der Waals surface area contributed by atoms with Gasteiger partial charge in [-0.3, -0.25) is 0 Å². The largest absolute Gasteiger partial charge is 0.783 e. The molecule has 1 aliphatic heterocycles. The van der Waals surface area contributed by atoms with Gasteiger partial charge in [-0.2, -0.15) is 0 Å². The van der Waals surface area contributed by atoms with E-state index >= 15 is 0 Å². The van der Waals surface area contributed by atoms with Gasteiger partial charge in [-0.25, -0.2) is 4.74 Å². The zero-order valence-corrected chi connectivity index (χ0v) is 7.39. The summed E-state index contributed by atoms with van der Waals surface area (Å²) >= 11 is 0. The molecule has 0 spiro atoms. The van der Waals surface area contributed by atoms with Crippen LogP contribution in [0.15, 0.2) is 0 Å². The first kappa shape index (κ1) is 9.44. The lowest BCUT2D eigenvalue weighted by Crippen LogP contribution is -2.60. The highest BCUT2D eigenvalue weighted by Crippen LogP contribution is 2.21. The third-order valence-electron chi connectivity index (χ3n) is 2.19. The molecule has 0 amide bonds. The van der Waals surface area contributed by atoms with Crippen molar-refractivity contribution < 1.29 is 9.85 Å². The van der Waals surface area contributed by atoms with Crippen LogP contribution in [-0.4, -0.2) is 38.9 Å². The molecule has 0 bridgehead atoms. The number of rotatable bonds is 0. The Hall–Kier alpha value is -0.650. The van der Waals surface area contributed by atoms with Gasteiger partial charge in [-0.1, -0.05) is 0 Å². The second-order valence-electron chi connectivity index (χ2n) is 3.60. The third kappa shape index (κ3) is 1.20. The van der Waals surface area contributed by atoms with E-state index in [0.29, 0.717) is 9.80 Å². The topological polar surface area (TPSA) is 72.6 Å². The zero-order chi connectivity index (χ0) is 9.52. The highest BCUT2D eigenvalue weighted by Gasteiger charge is 2.41. The van der Waals surface area contributed by atoms with E-state index in [1.54, 1.807) is 6.92 Å². The van der Waals surface area contributed by atoms with E-state index in [0.717, 1.165) is 0 Å². The van der Waals surface area contributed by atoms with Crippen molar-refractivity contribution in [1.82, 2.24) is 5.06 Å². The molecule has 0 aromatic carbocycles. The molecule has 0 aromatic rings. The molecule has 1 N–H and O–H groups in total. The van der Waals surface area contributed by atoms with E-state index in [1.165, 1.54) is 20.1 Å². The Labute approximate surface area is 71.1 Å². The molecule has 0 saturated heterocycles. The minimum atomic E-state index is -1.27. The van der Waals surface area contributed by atoms with E-state index in [-0.39, 0.29) is 0 Å². The lowest BCUT2D eigenvalue weighted by atomic mass is 10.0. The van der Waals surface area contributed by atoms with Crippen LogP contribution in [0.3, 0.4) is 0 Å². The standard InChI is InChI=1S/C7H13N2O3/c1-5-4-8(11)7(2,3)6(10)9(5)12/h4-6,10H,1-3H3/q-1. The van der Waals surface area contributed by atoms with Crippen LogP contribution in [0.2, 0.25) is 0 Å². The maximum atomic E-state index is 11.2. The van der Waals surface area contributed by atoms with Crippen LogP contribution in [-0.2, 0) is 0 Å². The van der Waals surface area contributed by atoms with Crippen LogP contribution in [0.1, 0.15) is 20.8 Å². The molecule has 12 heavy (non-hydrogen) atoms. The van der Waals surface area contributed by atoms with Crippen molar-refractivity contribution in [3.8, 4) is 0 Å². The van der Waals surface area contributed by atoms with Gasteiger partial charge in [-0.15, -0.1) is 0 Å². The summed E-state index contributed by atoms with van der Waals surface area (Å²) in [4.78, 5) is 0. The Balaban J connectivity index is 3.01. The SMILES string of the molecule is CC1C=[N+]([O-])C(C)(C)C(O)N1[O-]. The number of hydrogen-bond acceptors (Lipinski definition) is 4. The van der Waals surface area contributed by atoms with Crippen molar-refractivity contribution >= 4 is 6.21 Å². The second kappa shape index (κ2) is 2.69. The lowest BCUT2D eigenvalue weighted by molar-refractivity contribution is -0.566. The number of aliphatic hydroxyl groups is 1. The Morgan fingerprint density at radius 1 is 1.58 bits per heavy atom. The fourth-order valence-electron chi connectivity index (χ4n) is 1.10. The monoisotopic (exact) mass is 173 g/mol. The third-order valence-corrected chi connectivity index (χ3v) is 2.19. The molecule has 5 nitrogen and oxygen atoms in total. The smallest absolute Gasteiger partial charge is 0.205 e. The van der Waals surface area contributed by atoms with Gasteiger partial charge in [0, 0.05) is 13.8 Å². The van der Waals surface area contributed by atoms with Gasteiger partial charge in [0.25, 0.3) is 0 Å². The molecule has 1 rings (SSSR count). The van der Waals surface area contributed by atoms with Gasteiger partial charge in [0.05, 0.1) is 6.04 Å². The quantitative estimate of drug-likeness (QED) is 0.409. The highest BCUT2D eigenvalue weighted by molar-refractivity contribution is 5.59. The molecule has 0 aromatic heterocycles. The van der Waals surface area contributed by atoms with Gasteiger partial charge >= 0.3 is 0 Å². The minimum Gasteiger partial charge on any atom is -0.783 e. The molecule has 70 valence electrons. The normalized spacial score (nSPS) is 36.2. The molecular weight excluding hydrogens is 160 g/mol. The summed E-state index contributed by atoms with van der Waals surface area (Å²) in [7, 11) is 0. The van der Waals surface area contributed by atoms with Crippen molar-refractivity contribution in [3.05, 3.63) is 10.4 Å². The molecule has 1 aliphatic rings. The van der Waals surface area contributed by atoms with Crippen molar-refractivity contribution in [1.29, 1.82) is 0 Å². The molecule has 0 saturated carbocycles. The Morgan fingerprint density at radius 3 is 2.58 bits per heavy atom.